The summed E-state index contributed by atoms with van der Waals surface area (Å²) in [6, 6.07) is -0.347. The van der Waals surface area contributed by atoms with Crippen LogP contribution in [0.4, 0.5) is 4.79 Å². The van der Waals surface area contributed by atoms with Gasteiger partial charge >= 0.3 is 6.09 Å². The van der Waals surface area contributed by atoms with Crippen LogP contribution in [0, 0.1) is 11.8 Å². The smallest absolute Gasteiger partial charge is 0.410 e. The van der Waals surface area contributed by atoms with Crippen LogP contribution in [0.1, 0.15) is 66.7 Å². The number of likely N-dealkylation sites (N-methyl/N-ethyl adjacent to an activating group) is 1. The van der Waals surface area contributed by atoms with E-state index in [1.807, 2.05) is 34.6 Å². The van der Waals surface area contributed by atoms with E-state index in [0.717, 1.165) is 25.7 Å². The van der Waals surface area contributed by atoms with E-state index in [4.69, 9.17) is 4.74 Å². The van der Waals surface area contributed by atoms with Gasteiger partial charge in [0.25, 0.3) is 0 Å². The van der Waals surface area contributed by atoms with E-state index in [0.29, 0.717) is 0 Å². The zero-order valence-corrected chi connectivity index (χ0v) is 14.4. The predicted molar refractivity (Wildman–Crippen MR) is 84.2 cm³/mol. The van der Waals surface area contributed by atoms with E-state index in [2.05, 4.69) is 0 Å². The van der Waals surface area contributed by atoms with Gasteiger partial charge in [-0.2, -0.15) is 0 Å². The maximum absolute atomic E-state index is 12.6. The molecule has 0 N–H and O–H groups in total. The lowest BCUT2D eigenvalue weighted by molar-refractivity contribution is -0.129. The van der Waals surface area contributed by atoms with Gasteiger partial charge in [0.05, 0.1) is 6.04 Å². The third-order valence-electron chi connectivity index (χ3n) is 4.06. The Morgan fingerprint density at radius 1 is 1.10 bits per heavy atom. The monoisotopic (exact) mass is 297 g/mol. The summed E-state index contributed by atoms with van der Waals surface area (Å²) in [5.41, 5.74) is -0.538. The van der Waals surface area contributed by atoms with Gasteiger partial charge in [0, 0.05) is 13.0 Å². The molecule has 122 valence electrons. The minimum atomic E-state index is -0.538. The summed E-state index contributed by atoms with van der Waals surface area (Å²) in [6.45, 7) is 9.35. The number of ketones is 1. The lowest BCUT2D eigenvalue weighted by atomic mass is 9.79. The van der Waals surface area contributed by atoms with Gasteiger partial charge in [0.1, 0.15) is 5.60 Å². The molecule has 0 aromatic carbocycles. The lowest BCUT2D eigenvalue weighted by Gasteiger charge is -2.37. The van der Waals surface area contributed by atoms with Crippen LogP contribution >= 0.6 is 0 Å². The molecule has 1 unspecified atom stereocenters. The number of amides is 1. The molecule has 0 aromatic rings. The third kappa shape index (κ3) is 5.33. The Morgan fingerprint density at radius 3 is 2.05 bits per heavy atom. The van der Waals surface area contributed by atoms with Crippen LogP contribution in [0.2, 0.25) is 0 Å². The van der Waals surface area contributed by atoms with E-state index in [-0.39, 0.29) is 23.7 Å². The van der Waals surface area contributed by atoms with E-state index < -0.39 is 11.7 Å². The van der Waals surface area contributed by atoms with Gasteiger partial charge in [0.2, 0.25) is 0 Å². The number of ether oxygens (including phenoxy) is 1. The minimum Gasteiger partial charge on any atom is -0.444 e. The van der Waals surface area contributed by atoms with E-state index in [9.17, 15) is 9.59 Å². The fourth-order valence-corrected chi connectivity index (χ4v) is 2.98. The molecule has 1 aliphatic rings. The van der Waals surface area contributed by atoms with Crippen LogP contribution < -0.4 is 0 Å². The molecule has 0 spiro atoms. The second-order valence-electron chi connectivity index (χ2n) is 7.49. The van der Waals surface area contributed by atoms with Crippen molar-refractivity contribution >= 4 is 11.9 Å². The molecule has 0 radical (unpaired) electrons. The summed E-state index contributed by atoms with van der Waals surface area (Å²) >= 11 is 0. The molecular weight excluding hydrogens is 266 g/mol. The van der Waals surface area contributed by atoms with Crippen molar-refractivity contribution in [3.8, 4) is 0 Å². The first-order chi connectivity index (χ1) is 9.63. The van der Waals surface area contributed by atoms with Crippen LogP contribution in [0.15, 0.2) is 0 Å². The first-order valence-corrected chi connectivity index (χ1v) is 8.13. The van der Waals surface area contributed by atoms with Gasteiger partial charge in [-0.25, -0.2) is 4.79 Å². The van der Waals surface area contributed by atoms with Crippen LogP contribution in [0.25, 0.3) is 0 Å². The minimum absolute atomic E-state index is 0.0678. The van der Waals surface area contributed by atoms with Crippen LogP contribution in [-0.2, 0) is 9.53 Å². The predicted octanol–water partition coefficient (Wildman–Crippen LogP) is 4.03. The summed E-state index contributed by atoms with van der Waals surface area (Å²) in [5.74, 6) is 0.350. The Hall–Kier alpha value is -1.06. The molecule has 4 heteroatoms. The molecule has 0 bridgehead atoms. The molecule has 1 saturated carbocycles. The van der Waals surface area contributed by atoms with Gasteiger partial charge in [-0.15, -0.1) is 0 Å². The highest BCUT2D eigenvalue weighted by Crippen LogP contribution is 2.31. The molecule has 0 heterocycles. The van der Waals surface area contributed by atoms with E-state index >= 15 is 0 Å². The first kappa shape index (κ1) is 18.0. The highest BCUT2D eigenvalue weighted by Gasteiger charge is 2.37. The highest BCUT2D eigenvalue weighted by atomic mass is 16.6. The fraction of sp³-hybridized carbons (Fsp3) is 0.882. The molecular formula is C17H31NO3. The number of hydrogen-bond acceptors (Lipinski definition) is 3. The lowest BCUT2D eigenvalue weighted by Crippen LogP contribution is -2.50. The van der Waals surface area contributed by atoms with Crippen LogP contribution in [0.3, 0.4) is 0 Å². The number of hydrogen-bond donors (Lipinski definition) is 0. The topological polar surface area (TPSA) is 46.6 Å². The van der Waals surface area contributed by atoms with E-state index in [1.165, 1.54) is 11.3 Å². The molecule has 0 aliphatic heterocycles. The Kier molecular flexibility index (Phi) is 6.24. The molecule has 0 aromatic heterocycles. The van der Waals surface area contributed by atoms with Gasteiger partial charge in [-0.05, 0) is 39.5 Å². The first-order valence-electron chi connectivity index (χ1n) is 8.13. The van der Waals surface area contributed by atoms with Gasteiger partial charge in [-0.3, -0.25) is 4.79 Å². The summed E-state index contributed by atoms with van der Waals surface area (Å²) in [6.07, 6.45) is 5.18. The zero-order valence-electron chi connectivity index (χ0n) is 14.4. The number of carbonyl (C=O) groups excluding carboxylic acids is 2. The van der Waals surface area contributed by atoms with Gasteiger partial charge < -0.3 is 9.64 Å². The van der Waals surface area contributed by atoms with Crippen molar-refractivity contribution < 1.29 is 14.3 Å². The molecule has 1 rings (SSSR count). The standard InChI is InChI=1S/C17H31NO3/c1-12(2)15(19)14(13-10-8-7-9-11-13)18(6)16(20)21-17(3,4)5/h12-14H,7-11H2,1-6H3. The summed E-state index contributed by atoms with van der Waals surface area (Å²) in [7, 11) is 1.70. The Morgan fingerprint density at radius 2 is 1.62 bits per heavy atom. The van der Waals surface area contributed by atoms with Crippen molar-refractivity contribution in [2.24, 2.45) is 11.8 Å². The molecule has 0 saturated heterocycles. The van der Waals surface area contributed by atoms with Crippen molar-refractivity contribution in [3.63, 3.8) is 0 Å². The third-order valence-corrected chi connectivity index (χ3v) is 4.06. The fourth-order valence-electron chi connectivity index (χ4n) is 2.98. The Labute approximate surface area is 129 Å². The molecule has 1 aliphatic carbocycles. The molecule has 1 atom stereocenters. The maximum atomic E-state index is 12.6. The van der Waals surface area contributed by atoms with Crippen molar-refractivity contribution in [3.05, 3.63) is 0 Å². The van der Waals surface area contributed by atoms with Gasteiger partial charge in [0.15, 0.2) is 5.78 Å². The molecule has 1 amide bonds. The Balaban J connectivity index is 2.89. The molecule has 21 heavy (non-hydrogen) atoms. The SMILES string of the molecule is CC(C)C(=O)C(C1CCCCC1)N(C)C(=O)OC(C)(C)C. The van der Waals surface area contributed by atoms with Crippen LogP contribution in [0.5, 0.6) is 0 Å². The summed E-state index contributed by atoms with van der Waals surface area (Å²) in [5, 5.41) is 0. The number of nitrogens with zero attached hydrogens (tertiary/aromatic N) is 1. The normalized spacial score (nSPS) is 18.4. The average molecular weight is 297 g/mol. The van der Waals surface area contributed by atoms with Crippen LogP contribution in [-0.4, -0.2) is 35.5 Å². The van der Waals surface area contributed by atoms with Crippen molar-refractivity contribution in [2.45, 2.75) is 78.4 Å². The highest BCUT2D eigenvalue weighted by molar-refractivity contribution is 5.89. The summed E-state index contributed by atoms with van der Waals surface area (Å²) < 4.78 is 5.44. The molecule has 1 fully saturated rings. The Bertz CT molecular complexity index is 365. The second-order valence-corrected chi connectivity index (χ2v) is 7.49. The van der Waals surface area contributed by atoms with Crippen molar-refractivity contribution in [1.29, 1.82) is 0 Å². The maximum Gasteiger partial charge on any atom is 0.410 e. The van der Waals surface area contributed by atoms with Crippen molar-refractivity contribution in [1.82, 2.24) is 4.90 Å². The second kappa shape index (κ2) is 7.28. The van der Waals surface area contributed by atoms with Crippen molar-refractivity contribution in [2.75, 3.05) is 7.05 Å². The quantitative estimate of drug-likeness (QED) is 0.787. The van der Waals surface area contributed by atoms with E-state index in [1.54, 1.807) is 7.05 Å². The van der Waals surface area contributed by atoms with Gasteiger partial charge in [-0.1, -0.05) is 33.1 Å². The number of carbonyl (C=O) groups is 2. The summed E-state index contributed by atoms with van der Waals surface area (Å²) in [4.78, 5) is 26.5. The average Bonchev–Trinajstić information content (AvgIpc) is 2.37. The molecule has 4 nitrogen and oxygen atoms in total. The zero-order chi connectivity index (χ0) is 16.2. The number of rotatable bonds is 4. The number of Topliss-reactive ketones (excluding diaryl/α,β-unsaturated/α-hetero) is 1. The largest absolute Gasteiger partial charge is 0.444 e.